The number of methoxy groups -OCH3 is 1. The molecule has 1 unspecified atom stereocenters. The molecule has 0 bridgehead atoms. The molecule has 1 aromatic heterocycles. The molecule has 1 aliphatic rings. The lowest BCUT2D eigenvalue weighted by molar-refractivity contribution is -0.117. The number of rotatable bonds is 4. The first-order chi connectivity index (χ1) is 11.6. The fraction of sp³-hybridized carbons (Fsp3) is 0.333. The predicted molar refractivity (Wildman–Crippen MR) is 94.6 cm³/mol. The first-order valence-electron chi connectivity index (χ1n) is 7.79. The van der Waals surface area contributed by atoms with E-state index in [2.05, 4.69) is 10.3 Å². The van der Waals surface area contributed by atoms with E-state index < -0.39 is 0 Å². The van der Waals surface area contributed by atoms with Crippen LogP contribution in [0, 0.1) is 13.8 Å². The van der Waals surface area contributed by atoms with Crippen molar-refractivity contribution < 1.29 is 14.3 Å². The summed E-state index contributed by atoms with van der Waals surface area (Å²) in [5.41, 5.74) is 2.04. The predicted octanol–water partition coefficient (Wildman–Crippen LogP) is 3.42. The van der Waals surface area contributed by atoms with Crippen LogP contribution in [-0.4, -0.2) is 24.6 Å². The van der Waals surface area contributed by atoms with E-state index in [0.717, 1.165) is 33.2 Å². The molecule has 0 fully saturated rings. The molecule has 1 aliphatic heterocycles. The van der Waals surface area contributed by atoms with Crippen LogP contribution in [0.15, 0.2) is 24.4 Å². The largest absolute Gasteiger partial charge is 0.493 e. The maximum atomic E-state index is 12.3. The molecule has 0 saturated heterocycles. The summed E-state index contributed by atoms with van der Waals surface area (Å²) >= 11 is 1.56. The number of hydrogen-bond acceptors (Lipinski definition) is 5. The zero-order chi connectivity index (χ0) is 17.1. The smallest absolute Gasteiger partial charge is 0.244 e. The Labute approximate surface area is 145 Å². The maximum absolute atomic E-state index is 12.3. The van der Waals surface area contributed by atoms with Crippen molar-refractivity contribution in [2.24, 2.45) is 0 Å². The average Bonchev–Trinajstić information content (AvgIpc) is 2.98. The Morgan fingerprint density at radius 1 is 1.46 bits per heavy atom. The SMILES string of the molecule is COc1cc(C)cc2c1OCCC2NC(=O)/C=C/c1cnc(C)s1. The van der Waals surface area contributed by atoms with Crippen molar-refractivity contribution in [3.05, 3.63) is 45.4 Å². The van der Waals surface area contributed by atoms with E-state index in [-0.39, 0.29) is 11.9 Å². The molecule has 1 aromatic carbocycles. The Morgan fingerprint density at radius 2 is 2.29 bits per heavy atom. The van der Waals surface area contributed by atoms with Crippen LogP contribution in [0.25, 0.3) is 6.08 Å². The highest BCUT2D eigenvalue weighted by atomic mass is 32.1. The van der Waals surface area contributed by atoms with Crippen LogP contribution in [-0.2, 0) is 4.79 Å². The number of nitrogens with zero attached hydrogens (tertiary/aromatic N) is 1. The average molecular weight is 344 g/mol. The summed E-state index contributed by atoms with van der Waals surface area (Å²) in [6.45, 7) is 4.49. The van der Waals surface area contributed by atoms with Gasteiger partial charge in [0.15, 0.2) is 11.5 Å². The van der Waals surface area contributed by atoms with Gasteiger partial charge in [-0.15, -0.1) is 11.3 Å². The number of fused-ring (bicyclic) bond motifs is 1. The summed E-state index contributed by atoms with van der Waals surface area (Å²) in [4.78, 5) is 17.4. The molecule has 0 aliphatic carbocycles. The van der Waals surface area contributed by atoms with Gasteiger partial charge >= 0.3 is 0 Å². The quantitative estimate of drug-likeness (QED) is 0.864. The summed E-state index contributed by atoms with van der Waals surface area (Å²) in [7, 11) is 1.63. The lowest BCUT2D eigenvalue weighted by Gasteiger charge is -2.28. The van der Waals surface area contributed by atoms with Crippen molar-refractivity contribution in [2.45, 2.75) is 26.3 Å². The number of ether oxygens (including phenoxy) is 2. The van der Waals surface area contributed by atoms with E-state index in [1.807, 2.05) is 26.0 Å². The molecule has 1 atom stereocenters. The summed E-state index contributed by atoms with van der Waals surface area (Å²) in [6.07, 6.45) is 5.84. The van der Waals surface area contributed by atoms with Crippen molar-refractivity contribution in [1.82, 2.24) is 10.3 Å². The fourth-order valence-electron chi connectivity index (χ4n) is 2.75. The van der Waals surface area contributed by atoms with Gasteiger partial charge in [-0.05, 0) is 31.6 Å². The number of amides is 1. The third-order valence-corrected chi connectivity index (χ3v) is 4.71. The molecular formula is C18H20N2O3S. The van der Waals surface area contributed by atoms with Gasteiger partial charge in [-0.3, -0.25) is 4.79 Å². The molecule has 3 rings (SSSR count). The van der Waals surface area contributed by atoms with E-state index in [0.29, 0.717) is 12.4 Å². The van der Waals surface area contributed by atoms with Crippen LogP contribution in [0.2, 0.25) is 0 Å². The van der Waals surface area contributed by atoms with E-state index in [4.69, 9.17) is 9.47 Å². The minimum Gasteiger partial charge on any atom is -0.493 e. The van der Waals surface area contributed by atoms with Gasteiger partial charge in [0.1, 0.15) is 0 Å². The fourth-order valence-corrected chi connectivity index (χ4v) is 3.44. The number of carbonyl (C=O) groups excluding carboxylic acids is 1. The van der Waals surface area contributed by atoms with E-state index in [1.165, 1.54) is 0 Å². The van der Waals surface area contributed by atoms with Crippen molar-refractivity contribution in [2.75, 3.05) is 13.7 Å². The van der Waals surface area contributed by atoms with Gasteiger partial charge in [-0.2, -0.15) is 0 Å². The van der Waals surface area contributed by atoms with Crippen LogP contribution in [0.4, 0.5) is 0 Å². The summed E-state index contributed by atoms with van der Waals surface area (Å²) in [5, 5.41) is 4.04. The Hall–Kier alpha value is -2.34. The standard InChI is InChI=1S/C18H20N2O3S/c1-11-8-14-15(6-7-23-18(14)16(9-11)22-3)20-17(21)5-4-13-10-19-12(2)24-13/h4-5,8-10,15H,6-7H2,1-3H3,(H,20,21)/b5-4+. The maximum Gasteiger partial charge on any atom is 0.244 e. The van der Waals surface area contributed by atoms with Gasteiger partial charge in [0.25, 0.3) is 0 Å². The lowest BCUT2D eigenvalue weighted by Crippen LogP contribution is -2.31. The highest BCUT2D eigenvalue weighted by Gasteiger charge is 2.25. The first-order valence-corrected chi connectivity index (χ1v) is 8.61. The highest BCUT2D eigenvalue weighted by Crippen LogP contribution is 2.40. The first kappa shape index (κ1) is 16.5. The topological polar surface area (TPSA) is 60.5 Å². The van der Waals surface area contributed by atoms with Gasteiger partial charge < -0.3 is 14.8 Å². The molecule has 2 aromatic rings. The molecule has 0 saturated carbocycles. The van der Waals surface area contributed by atoms with Crippen LogP contribution in [0.3, 0.4) is 0 Å². The Morgan fingerprint density at radius 3 is 3.00 bits per heavy atom. The lowest BCUT2D eigenvalue weighted by atomic mass is 9.98. The van der Waals surface area contributed by atoms with Crippen LogP contribution >= 0.6 is 11.3 Å². The van der Waals surface area contributed by atoms with Gasteiger partial charge in [0, 0.05) is 29.1 Å². The number of aromatic nitrogens is 1. The molecule has 1 N–H and O–H groups in total. The molecular weight excluding hydrogens is 324 g/mol. The normalized spacial score (nSPS) is 16.5. The Bertz CT molecular complexity index is 783. The van der Waals surface area contributed by atoms with Gasteiger partial charge in [0.05, 0.1) is 24.8 Å². The monoisotopic (exact) mass is 344 g/mol. The summed E-state index contributed by atoms with van der Waals surface area (Å²) < 4.78 is 11.1. The van der Waals surface area contributed by atoms with Gasteiger partial charge in [-0.25, -0.2) is 4.98 Å². The second-order valence-corrected chi connectivity index (χ2v) is 6.97. The third-order valence-electron chi connectivity index (χ3n) is 3.83. The zero-order valence-electron chi connectivity index (χ0n) is 14.0. The number of thiazole rings is 1. The van der Waals surface area contributed by atoms with Gasteiger partial charge in [-0.1, -0.05) is 6.07 Å². The molecule has 5 nitrogen and oxygen atoms in total. The van der Waals surface area contributed by atoms with Crippen molar-refractivity contribution in [3.63, 3.8) is 0 Å². The zero-order valence-corrected chi connectivity index (χ0v) is 14.8. The molecule has 126 valence electrons. The molecule has 0 spiro atoms. The second kappa shape index (κ2) is 7.05. The van der Waals surface area contributed by atoms with Crippen molar-refractivity contribution in [1.29, 1.82) is 0 Å². The van der Waals surface area contributed by atoms with E-state index >= 15 is 0 Å². The number of carbonyl (C=O) groups is 1. The van der Waals surface area contributed by atoms with Crippen LogP contribution in [0.1, 0.15) is 33.5 Å². The number of hydrogen-bond donors (Lipinski definition) is 1. The second-order valence-electron chi connectivity index (χ2n) is 5.70. The van der Waals surface area contributed by atoms with Crippen molar-refractivity contribution in [3.8, 4) is 11.5 Å². The highest BCUT2D eigenvalue weighted by molar-refractivity contribution is 7.12. The summed E-state index contributed by atoms with van der Waals surface area (Å²) in [6, 6.07) is 3.90. The van der Waals surface area contributed by atoms with Crippen LogP contribution in [0.5, 0.6) is 11.5 Å². The summed E-state index contributed by atoms with van der Waals surface area (Å²) in [5.74, 6) is 1.31. The number of nitrogens with one attached hydrogen (secondary N) is 1. The van der Waals surface area contributed by atoms with Crippen LogP contribution < -0.4 is 14.8 Å². The van der Waals surface area contributed by atoms with E-state index in [1.54, 1.807) is 36.8 Å². The van der Waals surface area contributed by atoms with E-state index in [9.17, 15) is 4.79 Å². The Kier molecular flexibility index (Phi) is 4.85. The molecule has 24 heavy (non-hydrogen) atoms. The molecule has 6 heteroatoms. The minimum atomic E-state index is -0.126. The molecule has 0 radical (unpaired) electrons. The Balaban J connectivity index is 1.76. The number of aryl methyl sites for hydroxylation is 2. The minimum absolute atomic E-state index is 0.0807. The molecule has 1 amide bonds. The number of benzene rings is 1. The van der Waals surface area contributed by atoms with Crippen molar-refractivity contribution >= 4 is 23.3 Å². The third kappa shape index (κ3) is 3.59. The van der Waals surface area contributed by atoms with Gasteiger partial charge in [0.2, 0.25) is 5.91 Å². The molecule has 2 heterocycles.